The van der Waals surface area contributed by atoms with Crippen molar-refractivity contribution < 1.29 is 13.9 Å². The highest BCUT2D eigenvalue weighted by Crippen LogP contribution is 2.38. The van der Waals surface area contributed by atoms with Gasteiger partial charge in [-0.25, -0.2) is 9.07 Å². The Morgan fingerprint density at radius 1 is 1.05 bits per heavy atom. The van der Waals surface area contributed by atoms with Gasteiger partial charge in [0.1, 0.15) is 12.0 Å². The van der Waals surface area contributed by atoms with E-state index in [1.54, 1.807) is 7.11 Å². The quantitative estimate of drug-likeness (QED) is 0.507. The minimum Gasteiger partial charge on any atom is -0.467 e. The minimum atomic E-state index is -1.01. The van der Waals surface area contributed by atoms with E-state index in [0.717, 1.165) is 60.6 Å². The van der Waals surface area contributed by atoms with E-state index in [4.69, 9.17) is 22.1 Å². The molecule has 3 aliphatic heterocycles. The van der Waals surface area contributed by atoms with Crippen LogP contribution < -0.4 is 9.64 Å². The summed E-state index contributed by atoms with van der Waals surface area (Å²) in [4.78, 5) is 16.0. The molecular weight excluding hydrogens is 493 g/mol. The van der Waals surface area contributed by atoms with Crippen molar-refractivity contribution in [3.8, 4) is 11.8 Å². The second-order valence-corrected chi connectivity index (χ2v) is 11.1. The number of hydrogen-bond acceptors (Lipinski definition) is 9. The average molecular weight is 528 g/mol. The maximum Gasteiger partial charge on any atom is 0.320 e. The van der Waals surface area contributed by atoms with Gasteiger partial charge in [0.25, 0.3) is 0 Å². The van der Waals surface area contributed by atoms with Gasteiger partial charge in [-0.15, -0.1) is 0 Å². The summed E-state index contributed by atoms with van der Waals surface area (Å²) in [5.74, 6) is 1.15. The Kier molecular flexibility index (Phi) is 6.72. The van der Waals surface area contributed by atoms with Crippen molar-refractivity contribution in [3.63, 3.8) is 0 Å². The molecule has 198 valence electrons. The summed E-state index contributed by atoms with van der Waals surface area (Å²) >= 11 is 4.88. The molecule has 0 bridgehead atoms. The molecule has 5 heterocycles. The van der Waals surface area contributed by atoms with Gasteiger partial charge in [-0.1, -0.05) is 0 Å². The molecule has 2 aromatic heterocycles. The second kappa shape index (κ2) is 10.0. The van der Waals surface area contributed by atoms with Crippen LogP contribution in [-0.4, -0.2) is 114 Å². The van der Waals surface area contributed by atoms with E-state index in [1.807, 2.05) is 23.9 Å². The predicted octanol–water partition coefficient (Wildman–Crippen LogP) is 2.32. The van der Waals surface area contributed by atoms with Gasteiger partial charge in [0.15, 0.2) is 5.82 Å². The molecule has 11 heteroatoms. The second-order valence-electron chi connectivity index (χ2n) is 10.4. The van der Waals surface area contributed by atoms with Crippen LogP contribution in [-0.2, 0) is 4.74 Å². The Bertz CT molecular complexity index is 1270. The van der Waals surface area contributed by atoms with E-state index < -0.39 is 6.17 Å². The summed E-state index contributed by atoms with van der Waals surface area (Å²) in [6, 6.07) is 6.73. The lowest BCUT2D eigenvalue weighted by Crippen LogP contribution is -2.57. The molecule has 2 unspecified atom stereocenters. The van der Waals surface area contributed by atoms with Gasteiger partial charge in [0, 0.05) is 61.9 Å². The molecule has 0 spiro atoms. The number of likely N-dealkylation sites (N-methyl/N-ethyl adjacent to an activating group) is 1. The number of nitrogens with zero attached hydrogens (tertiary/aromatic N) is 7. The van der Waals surface area contributed by atoms with E-state index in [0.29, 0.717) is 37.6 Å². The van der Waals surface area contributed by atoms with Crippen molar-refractivity contribution >= 4 is 29.3 Å². The fraction of sp³-hybridized carbons (Fsp3) is 0.577. The number of alkyl halides is 1. The summed E-state index contributed by atoms with van der Waals surface area (Å²) in [5, 5.41) is 5.54. The number of piperidine rings is 1. The molecule has 0 saturated carbocycles. The topological polar surface area (TPSA) is 71.8 Å². The van der Waals surface area contributed by atoms with Crippen molar-refractivity contribution in [1.29, 1.82) is 0 Å². The van der Waals surface area contributed by atoms with E-state index in [-0.39, 0.29) is 11.2 Å². The lowest BCUT2D eigenvalue weighted by atomic mass is 9.84. The van der Waals surface area contributed by atoms with Crippen LogP contribution in [0.3, 0.4) is 0 Å². The van der Waals surface area contributed by atoms with Crippen LogP contribution in [0.2, 0.25) is 0 Å². The van der Waals surface area contributed by atoms with Crippen molar-refractivity contribution in [3.05, 3.63) is 35.5 Å². The van der Waals surface area contributed by atoms with Gasteiger partial charge in [0.05, 0.1) is 38.1 Å². The van der Waals surface area contributed by atoms with Gasteiger partial charge < -0.3 is 19.3 Å². The fourth-order valence-electron chi connectivity index (χ4n) is 5.69. The molecule has 3 saturated heterocycles. The maximum atomic E-state index is 15.7. The molecular formula is C26H34FN7O2S. The van der Waals surface area contributed by atoms with Crippen molar-refractivity contribution in [2.45, 2.75) is 30.3 Å². The number of hydrogen-bond donors (Lipinski definition) is 1. The van der Waals surface area contributed by atoms with E-state index >= 15 is 4.39 Å². The zero-order valence-electron chi connectivity index (χ0n) is 21.5. The van der Waals surface area contributed by atoms with Crippen LogP contribution in [0.4, 0.5) is 10.2 Å². The Hall–Kier alpha value is -2.47. The Labute approximate surface area is 222 Å². The number of ether oxygens (including phenoxy) is 2. The molecule has 1 aromatic carbocycles. The first-order valence-corrected chi connectivity index (χ1v) is 13.4. The molecule has 0 aliphatic carbocycles. The number of aromatic nitrogens is 4. The largest absolute Gasteiger partial charge is 0.467 e. The number of thiol groups is 1. The molecule has 0 amide bonds. The summed E-state index contributed by atoms with van der Waals surface area (Å²) in [7, 11) is 3.70. The Morgan fingerprint density at radius 3 is 2.49 bits per heavy atom. The van der Waals surface area contributed by atoms with Gasteiger partial charge >= 0.3 is 6.01 Å². The first-order chi connectivity index (χ1) is 17.9. The number of benzene rings is 1. The molecule has 3 fully saturated rings. The van der Waals surface area contributed by atoms with Crippen LogP contribution in [0.25, 0.3) is 16.7 Å². The molecule has 37 heavy (non-hydrogen) atoms. The van der Waals surface area contributed by atoms with Gasteiger partial charge in [-0.05, 0) is 37.2 Å². The minimum absolute atomic E-state index is 0.111. The molecule has 9 nitrogen and oxygen atoms in total. The van der Waals surface area contributed by atoms with Crippen LogP contribution in [0.15, 0.2) is 24.4 Å². The van der Waals surface area contributed by atoms with E-state index in [9.17, 15) is 0 Å². The number of rotatable bonds is 5. The monoisotopic (exact) mass is 527 g/mol. The molecule has 3 atom stereocenters. The summed E-state index contributed by atoms with van der Waals surface area (Å²) in [6.07, 6.45) is 0.827. The number of aryl methyl sites for hydroxylation is 1. The van der Waals surface area contributed by atoms with Crippen molar-refractivity contribution in [2.24, 2.45) is 0 Å². The normalized spacial score (nSPS) is 26.0. The molecule has 6 rings (SSSR count). The molecule has 0 N–H and O–H groups in total. The van der Waals surface area contributed by atoms with Crippen molar-refractivity contribution in [1.82, 2.24) is 29.5 Å². The molecule has 3 aromatic rings. The zero-order valence-corrected chi connectivity index (χ0v) is 22.4. The number of methoxy groups -OCH3 is 1. The van der Waals surface area contributed by atoms with Gasteiger partial charge in [-0.2, -0.15) is 27.7 Å². The first kappa shape index (κ1) is 24.8. The number of halogens is 1. The highest BCUT2D eigenvalue weighted by molar-refractivity contribution is 7.81. The molecule has 3 aliphatic rings. The summed E-state index contributed by atoms with van der Waals surface area (Å²) in [6.45, 7) is 8.26. The standard InChI is InChI=1S/C26H34FN7O2S/c1-16-8-17-11-28-34(24-10-23(29-26(30-24)35-3)32-6-4-31(2)5-7-32)21(17)9-19(16)25-20(27)12-33(13-22(25)37)18-14-36-15-18/h8-11,18,20,22,25,37H,4-7,12-15H2,1-3H3/t20?,22-,25?/m1/s1. The third-order valence-electron chi connectivity index (χ3n) is 7.99. The Morgan fingerprint density at radius 2 is 1.81 bits per heavy atom. The highest BCUT2D eigenvalue weighted by Gasteiger charge is 2.41. The Balaban J connectivity index is 1.35. The molecule has 0 radical (unpaired) electrons. The predicted molar refractivity (Wildman–Crippen MR) is 144 cm³/mol. The van der Waals surface area contributed by atoms with E-state index in [2.05, 4.69) is 48.9 Å². The average Bonchev–Trinajstić information content (AvgIpc) is 3.25. The van der Waals surface area contributed by atoms with Crippen LogP contribution in [0.5, 0.6) is 6.01 Å². The van der Waals surface area contributed by atoms with Gasteiger partial charge in [-0.3, -0.25) is 4.90 Å². The number of likely N-dealkylation sites (tertiary alicyclic amines) is 1. The summed E-state index contributed by atoms with van der Waals surface area (Å²) in [5.41, 5.74) is 2.91. The third-order valence-corrected chi connectivity index (χ3v) is 8.48. The van der Waals surface area contributed by atoms with Gasteiger partial charge in [0.2, 0.25) is 0 Å². The van der Waals surface area contributed by atoms with E-state index in [1.165, 1.54) is 0 Å². The lowest BCUT2D eigenvalue weighted by Gasteiger charge is -2.45. The van der Waals surface area contributed by atoms with Crippen molar-refractivity contribution in [2.75, 3.05) is 71.5 Å². The number of fused-ring (bicyclic) bond motifs is 1. The number of anilines is 1. The lowest BCUT2D eigenvalue weighted by molar-refractivity contribution is -0.0795. The fourth-order valence-corrected chi connectivity index (χ4v) is 6.24. The summed E-state index contributed by atoms with van der Waals surface area (Å²) < 4.78 is 28.3. The number of piperazine rings is 1. The SMILES string of the molecule is COc1nc(N2CCN(C)CC2)cc(-n2ncc3cc(C)c(C4C(F)CN(C5COC5)C[C@H]4S)cc32)n1. The van der Waals surface area contributed by atoms with Crippen LogP contribution in [0.1, 0.15) is 17.0 Å². The maximum absolute atomic E-state index is 15.7. The van der Waals surface area contributed by atoms with Crippen LogP contribution >= 0.6 is 12.6 Å². The smallest absolute Gasteiger partial charge is 0.320 e. The first-order valence-electron chi connectivity index (χ1n) is 12.9. The highest BCUT2D eigenvalue weighted by atomic mass is 32.1. The zero-order chi connectivity index (χ0) is 25.7. The van der Waals surface area contributed by atoms with Crippen LogP contribution in [0, 0.1) is 6.92 Å². The third kappa shape index (κ3) is 4.67.